The van der Waals surface area contributed by atoms with Gasteiger partial charge in [-0.25, -0.2) is 9.67 Å². The minimum Gasteiger partial charge on any atom is -0.497 e. The van der Waals surface area contributed by atoms with Crippen LogP contribution in [-0.4, -0.2) is 36.6 Å². The molecule has 0 unspecified atom stereocenters. The molecule has 0 N–H and O–H groups in total. The number of hydrogen-bond acceptors (Lipinski definition) is 5. The highest BCUT2D eigenvalue weighted by molar-refractivity contribution is 5.27. The van der Waals surface area contributed by atoms with Crippen LogP contribution >= 0.6 is 0 Å². The predicted molar refractivity (Wildman–Crippen MR) is 80.5 cm³/mol. The number of benzene rings is 1. The predicted octanol–water partition coefficient (Wildman–Crippen LogP) is 1.25. The van der Waals surface area contributed by atoms with Crippen LogP contribution in [0, 0.1) is 0 Å². The molecule has 3 rings (SSSR count). The Morgan fingerprint density at radius 2 is 1.86 bits per heavy atom. The molecule has 7 nitrogen and oxygen atoms in total. The van der Waals surface area contributed by atoms with Gasteiger partial charge in [0.05, 0.1) is 13.7 Å². The molecule has 0 aliphatic heterocycles. The molecule has 0 atom stereocenters. The second kappa shape index (κ2) is 6.38. The van der Waals surface area contributed by atoms with E-state index in [-0.39, 0.29) is 0 Å². The lowest BCUT2D eigenvalue weighted by molar-refractivity contribution is 0.414. The summed E-state index contributed by atoms with van der Waals surface area (Å²) >= 11 is 0. The Labute approximate surface area is 128 Å². The summed E-state index contributed by atoms with van der Waals surface area (Å²) in [6.45, 7) is 0.693. The summed E-state index contributed by atoms with van der Waals surface area (Å²) in [5.41, 5.74) is 1.16. The normalized spacial score (nSPS) is 10.8. The highest BCUT2D eigenvalue weighted by Crippen LogP contribution is 2.13. The van der Waals surface area contributed by atoms with Gasteiger partial charge in [-0.3, -0.25) is 0 Å². The molecule has 3 aromatic rings. The summed E-state index contributed by atoms with van der Waals surface area (Å²) in [5.74, 6) is 2.74. The first-order chi connectivity index (χ1) is 10.8. The van der Waals surface area contributed by atoms with E-state index in [1.807, 2.05) is 40.6 Å². The van der Waals surface area contributed by atoms with Crippen LogP contribution in [0.5, 0.6) is 5.75 Å². The van der Waals surface area contributed by atoms with E-state index in [4.69, 9.17) is 4.74 Å². The lowest BCUT2D eigenvalue weighted by atomic mass is 10.2. The molecule has 22 heavy (non-hydrogen) atoms. The van der Waals surface area contributed by atoms with Crippen molar-refractivity contribution in [2.24, 2.45) is 7.05 Å². The number of ether oxygens (including phenoxy) is 1. The van der Waals surface area contributed by atoms with Gasteiger partial charge in [0.1, 0.15) is 30.1 Å². The van der Waals surface area contributed by atoms with Crippen molar-refractivity contribution in [1.29, 1.82) is 0 Å². The summed E-state index contributed by atoms with van der Waals surface area (Å²) in [5, 5.41) is 12.3. The Balaban J connectivity index is 1.67. The number of hydrogen-bond donors (Lipinski definition) is 0. The summed E-state index contributed by atoms with van der Waals surface area (Å²) in [6.07, 6.45) is 4.87. The average molecular weight is 298 g/mol. The zero-order valence-electron chi connectivity index (χ0n) is 12.7. The Bertz CT molecular complexity index is 731. The Kier molecular flexibility index (Phi) is 4.13. The van der Waals surface area contributed by atoms with Crippen molar-refractivity contribution < 1.29 is 4.74 Å². The van der Waals surface area contributed by atoms with Gasteiger partial charge in [-0.05, 0) is 17.7 Å². The van der Waals surface area contributed by atoms with Crippen molar-refractivity contribution >= 4 is 0 Å². The molecule has 7 heteroatoms. The van der Waals surface area contributed by atoms with Crippen LogP contribution in [0.1, 0.15) is 17.2 Å². The van der Waals surface area contributed by atoms with Crippen LogP contribution in [0.15, 0.2) is 36.9 Å². The fraction of sp³-hybridized carbons (Fsp3) is 0.333. The number of aryl methyl sites for hydroxylation is 3. The summed E-state index contributed by atoms with van der Waals surface area (Å²) in [6, 6.07) is 7.97. The maximum atomic E-state index is 5.17. The molecule has 0 amide bonds. The molecule has 0 aliphatic carbocycles. The van der Waals surface area contributed by atoms with Crippen LogP contribution in [0.25, 0.3) is 0 Å². The monoisotopic (exact) mass is 298 g/mol. The van der Waals surface area contributed by atoms with E-state index in [2.05, 4.69) is 20.3 Å². The molecular formula is C15H18N6O. The fourth-order valence-electron chi connectivity index (χ4n) is 2.27. The largest absolute Gasteiger partial charge is 0.497 e. The van der Waals surface area contributed by atoms with Gasteiger partial charge >= 0.3 is 0 Å². The number of rotatable bonds is 6. The smallest absolute Gasteiger partial charge is 0.138 e. The minimum atomic E-state index is 0.693. The highest BCUT2D eigenvalue weighted by atomic mass is 16.5. The quantitative estimate of drug-likeness (QED) is 0.685. The number of methoxy groups -OCH3 is 1. The molecule has 0 spiro atoms. The van der Waals surface area contributed by atoms with Crippen LogP contribution in [0.2, 0.25) is 0 Å². The van der Waals surface area contributed by atoms with Gasteiger partial charge in [-0.1, -0.05) is 12.1 Å². The third-order valence-electron chi connectivity index (χ3n) is 3.56. The molecular weight excluding hydrogens is 280 g/mol. The van der Waals surface area contributed by atoms with E-state index >= 15 is 0 Å². The van der Waals surface area contributed by atoms with Gasteiger partial charge in [0.25, 0.3) is 0 Å². The van der Waals surface area contributed by atoms with Crippen molar-refractivity contribution in [3.63, 3.8) is 0 Å². The van der Waals surface area contributed by atoms with Crippen LogP contribution < -0.4 is 4.74 Å². The van der Waals surface area contributed by atoms with E-state index in [1.165, 1.54) is 0 Å². The Morgan fingerprint density at radius 1 is 1.09 bits per heavy atom. The number of nitrogens with zero attached hydrogens (tertiary/aromatic N) is 6. The van der Waals surface area contributed by atoms with E-state index in [1.54, 1.807) is 19.8 Å². The zero-order chi connectivity index (χ0) is 15.4. The van der Waals surface area contributed by atoms with E-state index in [9.17, 15) is 0 Å². The fourth-order valence-corrected chi connectivity index (χ4v) is 2.27. The third-order valence-corrected chi connectivity index (χ3v) is 3.56. The van der Waals surface area contributed by atoms with Crippen molar-refractivity contribution in [3.8, 4) is 5.75 Å². The maximum absolute atomic E-state index is 5.17. The molecule has 0 bridgehead atoms. The lowest BCUT2D eigenvalue weighted by Crippen LogP contribution is -2.09. The first-order valence-electron chi connectivity index (χ1n) is 7.09. The average Bonchev–Trinajstić information content (AvgIpc) is 3.15. The molecule has 0 fully saturated rings. The van der Waals surface area contributed by atoms with Crippen molar-refractivity contribution in [2.75, 3.05) is 7.11 Å². The van der Waals surface area contributed by atoms with Crippen LogP contribution in [0.3, 0.4) is 0 Å². The Hall–Kier alpha value is -2.70. The lowest BCUT2D eigenvalue weighted by Gasteiger charge is -2.07. The van der Waals surface area contributed by atoms with Crippen LogP contribution in [-0.2, 0) is 26.4 Å². The van der Waals surface area contributed by atoms with Crippen molar-refractivity contribution in [2.45, 2.75) is 19.4 Å². The summed E-state index contributed by atoms with van der Waals surface area (Å²) < 4.78 is 9.00. The first-order valence-corrected chi connectivity index (χ1v) is 7.09. The van der Waals surface area contributed by atoms with Gasteiger partial charge in [0.2, 0.25) is 0 Å². The van der Waals surface area contributed by atoms with Crippen LogP contribution in [0.4, 0.5) is 0 Å². The first kappa shape index (κ1) is 14.2. The third kappa shape index (κ3) is 3.13. The number of aromatic nitrogens is 6. The molecule has 1 aromatic carbocycles. The van der Waals surface area contributed by atoms with Crippen molar-refractivity contribution in [1.82, 2.24) is 29.5 Å². The van der Waals surface area contributed by atoms with Gasteiger partial charge in [-0.15, -0.1) is 10.2 Å². The SMILES string of the molecule is COc1ccc(Cn2ncnc2CCc2nncn2C)cc1. The highest BCUT2D eigenvalue weighted by Gasteiger charge is 2.08. The molecule has 2 heterocycles. The second-order valence-electron chi connectivity index (χ2n) is 5.04. The molecule has 0 saturated heterocycles. The standard InChI is InChI=1S/C15H18N6O/c1-20-11-17-19-15(20)8-7-14-16-10-18-21(14)9-12-3-5-13(22-2)6-4-12/h3-6,10-11H,7-9H2,1-2H3. The second-order valence-corrected chi connectivity index (χ2v) is 5.04. The summed E-state index contributed by atoms with van der Waals surface area (Å²) in [4.78, 5) is 4.34. The maximum Gasteiger partial charge on any atom is 0.138 e. The van der Waals surface area contributed by atoms with Gasteiger partial charge in [0.15, 0.2) is 0 Å². The van der Waals surface area contributed by atoms with Gasteiger partial charge in [0, 0.05) is 19.9 Å². The van der Waals surface area contributed by atoms with E-state index in [0.29, 0.717) is 6.54 Å². The van der Waals surface area contributed by atoms with Gasteiger partial charge in [-0.2, -0.15) is 5.10 Å². The minimum absolute atomic E-state index is 0.693. The Morgan fingerprint density at radius 3 is 2.55 bits per heavy atom. The van der Waals surface area contributed by atoms with E-state index < -0.39 is 0 Å². The molecule has 114 valence electrons. The molecule has 0 aliphatic rings. The van der Waals surface area contributed by atoms with E-state index in [0.717, 1.165) is 35.8 Å². The summed E-state index contributed by atoms with van der Waals surface area (Å²) in [7, 11) is 3.61. The molecule has 2 aromatic heterocycles. The zero-order valence-corrected chi connectivity index (χ0v) is 12.7. The molecule has 0 radical (unpaired) electrons. The molecule has 0 saturated carbocycles. The topological polar surface area (TPSA) is 70.7 Å². The van der Waals surface area contributed by atoms with Gasteiger partial charge < -0.3 is 9.30 Å². The van der Waals surface area contributed by atoms with Crippen molar-refractivity contribution in [3.05, 3.63) is 54.1 Å².